The monoisotopic (exact) mass is 501 g/mol. The molecule has 0 saturated heterocycles. The van der Waals surface area contributed by atoms with Crippen LogP contribution in [-0.2, 0) is 6.54 Å². The van der Waals surface area contributed by atoms with Crippen LogP contribution in [0.25, 0.3) is 17.2 Å². The predicted octanol–water partition coefficient (Wildman–Crippen LogP) is 7.68. The van der Waals surface area contributed by atoms with Gasteiger partial charge in [0.15, 0.2) is 0 Å². The second-order valence-electron chi connectivity index (χ2n) is 8.79. The van der Waals surface area contributed by atoms with Crippen molar-refractivity contribution in [2.24, 2.45) is 0 Å². The van der Waals surface area contributed by atoms with Gasteiger partial charge in [0, 0.05) is 31.4 Å². The Morgan fingerprint density at radius 2 is 1.51 bits per heavy atom. The zero-order chi connectivity index (χ0) is 27.5. The Morgan fingerprint density at radius 3 is 2.03 bits per heavy atom. The van der Waals surface area contributed by atoms with Gasteiger partial charge in [-0.2, -0.15) is 0 Å². The van der Waals surface area contributed by atoms with E-state index < -0.39 is 0 Å². The van der Waals surface area contributed by atoms with Crippen LogP contribution in [0, 0.1) is 6.92 Å². The van der Waals surface area contributed by atoms with Crippen molar-refractivity contribution in [3.63, 3.8) is 0 Å². The third-order valence-corrected chi connectivity index (χ3v) is 5.61. The maximum Gasteiger partial charge on any atom is 0.132 e. The predicted molar refractivity (Wildman–Crippen MR) is 164 cm³/mol. The summed E-state index contributed by atoms with van der Waals surface area (Å²) in [6.07, 6.45) is 8.75. The molecule has 0 atom stereocenters. The van der Waals surface area contributed by atoms with Crippen LogP contribution in [0.5, 0.6) is 0 Å². The van der Waals surface area contributed by atoms with Crippen molar-refractivity contribution in [2.75, 3.05) is 30.8 Å². The van der Waals surface area contributed by atoms with Crippen LogP contribution in [0.15, 0.2) is 73.8 Å². The van der Waals surface area contributed by atoms with Gasteiger partial charge >= 0.3 is 0 Å². The SMILES string of the molecule is C=CC.C=Cc1ccc(-c2ccc(N)cc2)cc1.CCCCCCN(CC)c1cc(CNC)nc(C)n1. The number of nitrogens with zero attached hydrogens (tertiary/aromatic N) is 3. The van der Waals surface area contributed by atoms with Gasteiger partial charge in [-0.3, -0.25) is 0 Å². The fraction of sp³-hybridized carbons (Fsp3) is 0.375. The number of aryl methyl sites for hydroxylation is 1. The van der Waals surface area contributed by atoms with Gasteiger partial charge in [-0.05, 0) is 63.1 Å². The summed E-state index contributed by atoms with van der Waals surface area (Å²) in [5.74, 6) is 1.92. The summed E-state index contributed by atoms with van der Waals surface area (Å²) >= 11 is 0. The van der Waals surface area contributed by atoms with Gasteiger partial charge in [0.25, 0.3) is 0 Å². The van der Waals surface area contributed by atoms with Gasteiger partial charge < -0.3 is 16.0 Å². The van der Waals surface area contributed by atoms with Crippen LogP contribution in [0.3, 0.4) is 0 Å². The molecule has 0 unspecified atom stereocenters. The number of nitrogens with two attached hydrogens (primary N) is 1. The zero-order valence-corrected chi connectivity index (χ0v) is 23.6. The molecule has 3 aromatic rings. The summed E-state index contributed by atoms with van der Waals surface area (Å²) in [6.45, 7) is 18.3. The highest BCUT2D eigenvalue weighted by molar-refractivity contribution is 5.67. The Morgan fingerprint density at radius 1 is 0.919 bits per heavy atom. The molecule has 5 nitrogen and oxygen atoms in total. The first-order valence-electron chi connectivity index (χ1n) is 13.3. The molecule has 37 heavy (non-hydrogen) atoms. The lowest BCUT2D eigenvalue weighted by molar-refractivity contribution is 0.644. The molecule has 1 aromatic heterocycles. The lowest BCUT2D eigenvalue weighted by Gasteiger charge is -2.22. The first-order valence-corrected chi connectivity index (χ1v) is 13.3. The Balaban J connectivity index is 0.000000341. The van der Waals surface area contributed by atoms with E-state index in [1.807, 2.05) is 51.2 Å². The van der Waals surface area contributed by atoms with E-state index in [0.717, 1.165) is 48.2 Å². The Hall–Kier alpha value is -3.44. The molecule has 0 aliphatic rings. The van der Waals surface area contributed by atoms with Crippen LogP contribution in [-0.4, -0.2) is 30.1 Å². The number of aromatic nitrogens is 2. The molecule has 0 spiro atoms. The number of unbranched alkanes of at least 4 members (excludes halogenated alkanes) is 3. The lowest BCUT2D eigenvalue weighted by atomic mass is 10.0. The minimum atomic E-state index is 0.793. The molecule has 5 heteroatoms. The van der Waals surface area contributed by atoms with Gasteiger partial charge in [-0.15, -0.1) is 6.58 Å². The Kier molecular flexibility index (Phi) is 16.0. The van der Waals surface area contributed by atoms with E-state index in [-0.39, 0.29) is 0 Å². The highest BCUT2D eigenvalue weighted by atomic mass is 15.2. The summed E-state index contributed by atoms with van der Waals surface area (Å²) in [7, 11) is 1.94. The highest BCUT2D eigenvalue weighted by Gasteiger charge is 2.08. The Bertz CT molecular complexity index is 1030. The number of anilines is 2. The molecule has 0 amide bonds. The van der Waals surface area contributed by atoms with Crippen LogP contribution in [0.4, 0.5) is 11.5 Å². The van der Waals surface area contributed by atoms with Gasteiger partial charge in [-0.25, -0.2) is 9.97 Å². The third kappa shape index (κ3) is 12.4. The maximum atomic E-state index is 5.64. The van der Waals surface area contributed by atoms with Crippen molar-refractivity contribution in [2.45, 2.75) is 59.9 Å². The average molecular weight is 502 g/mol. The number of rotatable bonds is 11. The highest BCUT2D eigenvalue weighted by Crippen LogP contribution is 2.21. The molecular formula is C32H47N5. The van der Waals surface area contributed by atoms with Gasteiger partial charge in [0.1, 0.15) is 11.6 Å². The summed E-state index contributed by atoms with van der Waals surface area (Å²) in [6, 6.07) is 18.3. The summed E-state index contributed by atoms with van der Waals surface area (Å²) in [5, 5.41) is 3.15. The third-order valence-electron chi connectivity index (χ3n) is 5.61. The second kappa shape index (κ2) is 18.8. The van der Waals surface area contributed by atoms with E-state index >= 15 is 0 Å². The largest absolute Gasteiger partial charge is 0.399 e. The molecule has 1 heterocycles. The van der Waals surface area contributed by atoms with Crippen molar-refractivity contribution in [1.29, 1.82) is 0 Å². The lowest BCUT2D eigenvalue weighted by Crippen LogP contribution is -2.26. The average Bonchev–Trinajstić information content (AvgIpc) is 2.90. The minimum Gasteiger partial charge on any atom is -0.399 e. The van der Waals surface area contributed by atoms with Gasteiger partial charge in [-0.1, -0.05) is 81.3 Å². The molecule has 3 N–H and O–H groups in total. The molecule has 200 valence electrons. The van der Waals surface area contributed by atoms with Gasteiger partial charge in [0.05, 0.1) is 5.69 Å². The normalized spacial score (nSPS) is 9.86. The van der Waals surface area contributed by atoms with Crippen LogP contribution < -0.4 is 16.0 Å². The fourth-order valence-electron chi connectivity index (χ4n) is 3.70. The molecule has 0 radical (unpaired) electrons. The smallest absolute Gasteiger partial charge is 0.132 e. The summed E-state index contributed by atoms with van der Waals surface area (Å²) in [4.78, 5) is 11.4. The van der Waals surface area contributed by atoms with E-state index in [1.165, 1.54) is 36.8 Å². The van der Waals surface area contributed by atoms with Crippen molar-refractivity contribution in [3.05, 3.63) is 90.9 Å². The standard InChI is InChI=1S/C15H28N4.C14H13N.C3H6/c1-5-7-8-9-10-19(6-2)15-11-14(12-16-4)17-13(3)18-15;1-2-11-3-5-12(6-4-11)13-7-9-14(15)10-8-13;1-3-2/h11,16H,5-10,12H2,1-4H3;2-10H,1,15H2;3H,1H2,2H3. The first-order chi connectivity index (χ1) is 17.9. The molecule has 2 aromatic carbocycles. The van der Waals surface area contributed by atoms with Crippen LogP contribution in [0.2, 0.25) is 0 Å². The fourth-order valence-corrected chi connectivity index (χ4v) is 3.70. The maximum absolute atomic E-state index is 5.64. The van der Waals surface area contributed by atoms with Gasteiger partial charge in [0.2, 0.25) is 0 Å². The van der Waals surface area contributed by atoms with Crippen molar-refractivity contribution >= 4 is 17.6 Å². The number of nitrogens with one attached hydrogen (secondary N) is 1. The molecule has 0 fully saturated rings. The second-order valence-corrected chi connectivity index (χ2v) is 8.79. The van der Waals surface area contributed by atoms with Crippen molar-refractivity contribution < 1.29 is 0 Å². The number of hydrogen-bond donors (Lipinski definition) is 2. The van der Waals surface area contributed by atoms with E-state index in [9.17, 15) is 0 Å². The number of hydrogen-bond acceptors (Lipinski definition) is 5. The molecule has 0 aliphatic carbocycles. The molecule has 3 rings (SSSR count). The molecule has 0 bridgehead atoms. The quantitative estimate of drug-likeness (QED) is 0.160. The first kappa shape index (κ1) is 31.6. The van der Waals surface area contributed by atoms with E-state index in [4.69, 9.17) is 5.73 Å². The van der Waals surface area contributed by atoms with Crippen LogP contribution in [0.1, 0.15) is 63.5 Å². The zero-order valence-electron chi connectivity index (χ0n) is 23.6. The Labute approximate surface area is 225 Å². The molecular weight excluding hydrogens is 454 g/mol. The van der Waals surface area contributed by atoms with E-state index in [1.54, 1.807) is 6.08 Å². The number of nitrogen functional groups attached to an aromatic ring is 1. The number of allylic oxidation sites excluding steroid dienone is 1. The van der Waals surface area contributed by atoms with E-state index in [0.29, 0.717) is 0 Å². The topological polar surface area (TPSA) is 67.1 Å². The molecule has 0 saturated carbocycles. The van der Waals surface area contributed by atoms with Crippen molar-refractivity contribution in [1.82, 2.24) is 15.3 Å². The number of benzene rings is 2. The van der Waals surface area contributed by atoms with E-state index in [2.05, 4.69) is 77.5 Å². The summed E-state index contributed by atoms with van der Waals surface area (Å²) < 4.78 is 0. The van der Waals surface area contributed by atoms with Crippen molar-refractivity contribution in [3.8, 4) is 11.1 Å². The minimum absolute atomic E-state index is 0.793. The molecule has 0 aliphatic heterocycles. The van der Waals surface area contributed by atoms with Crippen LogP contribution >= 0.6 is 0 Å². The summed E-state index contributed by atoms with van der Waals surface area (Å²) in [5.41, 5.74) is 11.0.